The van der Waals surface area contributed by atoms with Crippen molar-refractivity contribution in [2.75, 3.05) is 6.61 Å². The minimum atomic E-state index is -0.383. The van der Waals surface area contributed by atoms with Crippen LogP contribution in [-0.2, 0) is 12.0 Å². The number of nitrogens with one attached hydrogen (secondary N) is 2. The predicted molar refractivity (Wildman–Crippen MR) is 116 cm³/mol. The van der Waals surface area contributed by atoms with Gasteiger partial charge in [-0.15, -0.1) is 0 Å². The molecular weight excluding hydrogens is 376 g/mol. The Morgan fingerprint density at radius 1 is 1.23 bits per heavy atom. The van der Waals surface area contributed by atoms with Crippen molar-refractivity contribution < 1.29 is 9.53 Å². The van der Waals surface area contributed by atoms with Crippen molar-refractivity contribution in [2.45, 2.75) is 25.8 Å². The van der Waals surface area contributed by atoms with Crippen LogP contribution in [0.15, 0.2) is 55.1 Å². The zero-order valence-corrected chi connectivity index (χ0v) is 16.9. The number of carbonyl (C=O) groups excluding carboxylic acids is 1. The molecule has 0 amide bonds. The van der Waals surface area contributed by atoms with Gasteiger partial charge in [0.25, 0.3) is 0 Å². The van der Waals surface area contributed by atoms with E-state index in [9.17, 15) is 4.79 Å². The molecule has 0 saturated heterocycles. The molecule has 30 heavy (non-hydrogen) atoms. The van der Waals surface area contributed by atoms with E-state index in [1.54, 1.807) is 12.5 Å². The molecule has 2 N–H and O–H groups in total. The maximum absolute atomic E-state index is 13.4. The molecule has 150 valence electrons. The van der Waals surface area contributed by atoms with Crippen molar-refractivity contribution in [3.8, 4) is 5.75 Å². The Bertz CT molecular complexity index is 1280. The zero-order valence-electron chi connectivity index (χ0n) is 16.9. The molecule has 6 heteroatoms. The number of imidazole rings is 1. The van der Waals surface area contributed by atoms with Gasteiger partial charge in [-0.25, -0.2) is 4.98 Å². The van der Waals surface area contributed by atoms with Crippen LogP contribution < -0.4 is 4.74 Å². The van der Waals surface area contributed by atoms with Crippen molar-refractivity contribution in [1.82, 2.24) is 14.5 Å². The van der Waals surface area contributed by atoms with Crippen molar-refractivity contribution in [3.05, 3.63) is 83.1 Å². The third-order valence-corrected chi connectivity index (χ3v) is 5.93. The molecule has 6 nitrogen and oxygen atoms in total. The maximum atomic E-state index is 13.4. The van der Waals surface area contributed by atoms with Gasteiger partial charge in [-0.3, -0.25) is 4.79 Å². The summed E-state index contributed by atoms with van der Waals surface area (Å²) in [6.45, 7) is 5.48. The van der Waals surface area contributed by atoms with E-state index in [1.807, 2.05) is 47.2 Å². The van der Waals surface area contributed by atoms with Gasteiger partial charge in [-0.05, 0) is 35.4 Å². The van der Waals surface area contributed by atoms with E-state index in [0.717, 1.165) is 39.0 Å². The molecule has 2 aromatic carbocycles. The fourth-order valence-corrected chi connectivity index (χ4v) is 4.29. The summed E-state index contributed by atoms with van der Waals surface area (Å²) in [5.74, 6) is 0.776. The predicted octanol–water partition coefficient (Wildman–Crippen LogP) is 4.31. The standard InChI is InChI=1S/C24H22N4O2/c1-24(2)19-12-16(30-10-9-28-8-7-26-14-28)4-6-17(19)22(29)21-18-5-3-15(13-25)11-20(18)27-23(21)24/h3-8,11-14,25,27H,9-10H2,1-2H3. The monoisotopic (exact) mass is 398 g/mol. The van der Waals surface area contributed by atoms with Crippen molar-refractivity contribution in [3.63, 3.8) is 0 Å². The molecule has 2 aromatic heterocycles. The highest BCUT2D eigenvalue weighted by atomic mass is 16.5. The molecule has 0 aliphatic heterocycles. The van der Waals surface area contributed by atoms with Crippen molar-refractivity contribution >= 4 is 22.9 Å². The van der Waals surface area contributed by atoms with Gasteiger partial charge in [0.2, 0.25) is 0 Å². The number of nitrogens with zero attached hydrogens (tertiary/aromatic N) is 2. The molecule has 0 bridgehead atoms. The highest BCUT2D eigenvalue weighted by Gasteiger charge is 2.39. The molecule has 2 heterocycles. The van der Waals surface area contributed by atoms with Gasteiger partial charge in [0.15, 0.2) is 5.78 Å². The van der Waals surface area contributed by atoms with Gasteiger partial charge in [0.05, 0.1) is 18.4 Å². The molecule has 4 aromatic rings. The Kier molecular flexibility index (Phi) is 4.10. The Labute approximate surface area is 174 Å². The first-order chi connectivity index (χ1) is 14.5. The lowest BCUT2D eigenvalue weighted by Gasteiger charge is -2.32. The number of hydrogen-bond acceptors (Lipinski definition) is 4. The molecular formula is C24H22N4O2. The van der Waals surface area contributed by atoms with Crippen LogP contribution in [0.25, 0.3) is 10.9 Å². The van der Waals surface area contributed by atoms with Crippen LogP contribution in [0.4, 0.5) is 0 Å². The molecule has 0 radical (unpaired) electrons. The van der Waals surface area contributed by atoms with Crippen LogP contribution in [0, 0.1) is 5.41 Å². The average Bonchev–Trinajstić information content (AvgIpc) is 3.40. The first-order valence-electron chi connectivity index (χ1n) is 9.93. The Morgan fingerprint density at radius 3 is 2.87 bits per heavy atom. The fraction of sp³-hybridized carbons (Fsp3) is 0.208. The summed E-state index contributed by atoms with van der Waals surface area (Å²) in [5, 5.41) is 8.41. The minimum absolute atomic E-state index is 0.0261. The largest absolute Gasteiger partial charge is 0.492 e. The zero-order chi connectivity index (χ0) is 20.9. The normalized spacial score (nSPS) is 14.4. The van der Waals surface area contributed by atoms with E-state index < -0.39 is 0 Å². The van der Waals surface area contributed by atoms with E-state index in [1.165, 1.54) is 6.21 Å². The van der Waals surface area contributed by atoms with Crippen molar-refractivity contribution in [2.24, 2.45) is 0 Å². The number of ether oxygens (including phenoxy) is 1. The van der Waals surface area contributed by atoms with Gasteiger partial charge < -0.3 is 19.7 Å². The summed E-state index contributed by atoms with van der Waals surface area (Å²) in [4.78, 5) is 20.9. The molecule has 1 aliphatic rings. The summed E-state index contributed by atoms with van der Waals surface area (Å²) in [6.07, 6.45) is 6.73. The maximum Gasteiger partial charge on any atom is 0.195 e. The van der Waals surface area contributed by atoms with Gasteiger partial charge in [0, 0.05) is 46.2 Å². The number of aromatic nitrogens is 3. The first kappa shape index (κ1) is 18.4. The number of ketones is 1. The van der Waals surface area contributed by atoms with Crippen molar-refractivity contribution in [1.29, 1.82) is 5.41 Å². The van der Waals surface area contributed by atoms with E-state index in [2.05, 4.69) is 23.8 Å². The van der Waals surface area contributed by atoms with Gasteiger partial charge >= 0.3 is 0 Å². The second-order valence-corrected chi connectivity index (χ2v) is 8.13. The molecule has 5 rings (SSSR count). The van der Waals surface area contributed by atoms with Gasteiger partial charge in [-0.2, -0.15) is 0 Å². The number of rotatable bonds is 5. The molecule has 1 aliphatic carbocycles. The molecule has 0 fully saturated rings. The van der Waals surface area contributed by atoms with Crippen LogP contribution in [0.3, 0.4) is 0 Å². The highest BCUT2D eigenvalue weighted by Crippen LogP contribution is 2.44. The molecule has 0 atom stereocenters. The molecule has 0 unspecified atom stereocenters. The fourth-order valence-electron chi connectivity index (χ4n) is 4.29. The summed E-state index contributed by atoms with van der Waals surface area (Å²) < 4.78 is 7.92. The second kappa shape index (κ2) is 6.69. The number of benzene rings is 2. The van der Waals surface area contributed by atoms with Crippen LogP contribution in [0.2, 0.25) is 0 Å². The number of H-pyrrole nitrogens is 1. The Morgan fingerprint density at radius 2 is 2.10 bits per heavy atom. The van der Waals surface area contributed by atoms with Crippen LogP contribution in [0.1, 0.15) is 46.6 Å². The van der Waals surface area contributed by atoms with Gasteiger partial charge in [0.1, 0.15) is 12.4 Å². The van der Waals surface area contributed by atoms with E-state index >= 15 is 0 Å². The summed E-state index contributed by atoms with van der Waals surface area (Å²) >= 11 is 0. The Balaban J connectivity index is 1.52. The molecule has 0 saturated carbocycles. The number of fused-ring (bicyclic) bond motifs is 4. The topological polar surface area (TPSA) is 83.8 Å². The lowest BCUT2D eigenvalue weighted by molar-refractivity contribution is 0.103. The summed E-state index contributed by atoms with van der Waals surface area (Å²) in [7, 11) is 0. The lowest BCUT2D eigenvalue weighted by atomic mass is 9.71. The third-order valence-electron chi connectivity index (χ3n) is 5.93. The van der Waals surface area contributed by atoms with Crippen LogP contribution >= 0.6 is 0 Å². The van der Waals surface area contributed by atoms with E-state index in [-0.39, 0.29) is 11.2 Å². The third kappa shape index (κ3) is 2.76. The highest BCUT2D eigenvalue weighted by molar-refractivity contribution is 6.20. The summed E-state index contributed by atoms with van der Waals surface area (Å²) in [6, 6.07) is 11.4. The number of aromatic amines is 1. The van der Waals surface area contributed by atoms with E-state index in [0.29, 0.717) is 18.7 Å². The smallest absolute Gasteiger partial charge is 0.195 e. The quantitative estimate of drug-likeness (QED) is 0.491. The SMILES string of the molecule is CC1(C)c2cc(OCCn3ccnc3)ccc2C(=O)c2c1[nH]c1cc(C=N)ccc21. The second-order valence-electron chi connectivity index (χ2n) is 8.13. The molecule has 0 spiro atoms. The van der Waals surface area contributed by atoms with Crippen LogP contribution in [0.5, 0.6) is 5.75 Å². The Hall–Kier alpha value is -3.67. The lowest BCUT2D eigenvalue weighted by Crippen LogP contribution is -2.30. The minimum Gasteiger partial charge on any atom is -0.492 e. The first-order valence-corrected chi connectivity index (χ1v) is 9.93. The van der Waals surface area contributed by atoms with E-state index in [4.69, 9.17) is 10.1 Å². The van der Waals surface area contributed by atoms with Gasteiger partial charge in [-0.1, -0.05) is 26.0 Å². The summed E-state index contributed by atoms with van der Waals surface area (Å²) in [5.41, 5.74) is 4.61. The average molecular weight is 398 g/mol. The number of carbonyl (C=O) groups is 1. The number of hydrogen-bond donors (Lipinski definition) is 2. The van der Waals surface area contributed by atoms with Crippen LogP contribution in [-0.4, -0.2) is 33.1 Å².